The summed E-state index contributed by atoms with van der Waals surface area (Å²) >= 11 is 0. The van der Waals surface area contributed by atoms with Gasteiger partial charge in [-0.3, -0.25) is 0 Å². The molecule has 0 fully saturated rings. The molecule has 2 aromatic heterocycles. The van der Waals surface area contributed by atoms with Gasteiger partial charge in [0.05, 0.1) is 12.3 Å². The van der Waals surface area contributed by atoms with Crippen LogP contribution in [0.5, 0.6) is 5.75 Å². The quantitative estimate of drug-likeness (QED) is 0.679. The Kier molecular flexibility index (Phi) is 4.84. The third-order valence-electron chi connectivity index (χ3n) is 4.19. The topological polar surface area (TPSA) is 39.4 Å². The van der Waals surface area contributed by atoms with E-state index in [4.69, 9.17) is 14.8 Å². The second kappa shape index (κ2) is 7.04. The Morgan fingerprint density at radius 1 is 1.08 bits per heavy atom. The van der Waals surface area contributed by atoms with Crippen molar-refractivity contribution in [3.05, 3.63) is 58.5 Å². The zero-order valence-electron chi connectivity index (χ0n) is 15.0. The lowest BCUT2D eigenvalue weighted by molar-refractivity contribution is 0.317. The van der Waals surface area contributed by atoms with Crippen molar-refractivity contribution in [3.63, 3.8) is 0 Å². The molecule has 3 rings (SSSR count). The average molecular weight is 323 g/mol. The van der Waals surface area contributed by atoms with Crippen LogP contribution in [0.2, 0.25) is 0 Å². The minimum absolute atomic E-state index is 0.760. The monoisotopic (exact) mass is 323 g/mol. The van der Waals surface area contributed by atoms with Crippen molar-refractivity contribution in [2.45, 2.75) is 47.0 Å². The highest BCUT2D eigenvalue weighted by Gasteiger charge is 2.15. The molecule has 0 aliphatic rings. The summed E-state index contributed by atoms with van der Waals surface area (Å²) in [4.78, 5) is 4.74. The number of aromatic nitrogens is 3. The molecule has 0 aliphatic carbocycles. The molecule has 0 saturated carbocycles. The largest absolute Gasteiger partial charge is 0.494 e. The van der Waals surface area contributed by atoms with Gasteiger partial charge in [-0.05, 0) is 50.5 Å². The third-order valence-corrected chi connectivity index (χ3v) is 4.19. The van der Waals surface area contributed by atoms with E-state index in [0.717, 1.165) is 54.3 Å². The number of hydrogen-bond donors (Lipinski definition) is 0. The lowest BCUT2D eigenvalue weighted by Crippen LogP contribution is -1.99. The molecule has 0 aliphatic heterocycles. The Balaban J connectivity index is 1.94. The number of fused-ring (bicyclic) bond motifs is 1. The summed E-state index contributed by atoms with van der Waals surface area (Å²) < 4.78 is 7.64. The first kappa shape index (κ1) is 16.5. The first-order chi connectivity index (χ1) is 11.6. The molecule has 0 atom stereocenters. The van der Waals surface area contributed by atoms with Gasteiger partial charge >= 0.3 is 0 Å². The predicted molar refractivity (Wildman–Crippen MR) is 96.9 cm³/mol. The van der Waals surface area contributed by atoms with Crippen molar-refractivity contribution in [3.8, 4) is 5.75 Å². The first-order valence-electron chi connectivity index (χ1n) is 8.68. The lowest BCUT2D eigenvalue weighted by Gasteiger charge is -2.07. The predicted octanol–water partition coefficient (Wildman–Crippen LogP) is 4.29. The van der Waals surface area contributed by atoms with Gasteiger partial charge < -0.3 is 4.74 Å². The maximum absolute atomic E-state index is 5.66. The van der Waals surface area contributed by atoms with Gasteiger partial charge in [0.25, 0.3) is 0 Å². The Labute approximate surface area is 143 Å². The van der Waals surface area contributed by atoms with E-state index in [1.807, 2.05) is 23.6 Å². The molecule has 0 N–H and O–H groups in total. The van der Waals surface area contributed by atoms with E-state index in [-0.39, 0.29) is 0 Å². The van der Waals surface area contributed by atoms with Crippen molar-refractivity contribution in [2.24, 2.45) is 0 Å². The summed E-state index contributed by atoms with van der Waals surface area (Å²) in [6, 6.07) is 10.4. The maximum atomic E-state index is 5.66. The first-order valence-corrected chi connectivity index (χ1v) is 8.68. The number of ether oxygens (including phenoxy) is 1. The van der Waals surface area contributed by atoms with Crippen LogP contribution in [-0.2, 0) is 12.8 Å². The summed E-state index contributed by atoms with van der Waals surface area (Å²) in [5.41, 5.74) is 6.75. The highest BCUT2D eigenvalue weighted by Crippen LogP contribution is 2.22. The summed E-state index contributed by atoms with van der Waals surface area (Å²) in [6.07, 6.45) is 2.78. The number of rotatable bonds is 6. The normalized spacial score (nSPS) is 11.2. The molecule has 4 heteroatoms. The Bertz CT molecular complexity index is 834. The SMILES string of the molecule is CCCOc1ccc(Cc2c(CC)nn3c(C)cc(C)nc23)cc1. The highest BCUT2D eigenvalue weighted by molar-refractivity contribution is 5.53. The summed E-state index contributed by atoms with van der Waals surface area (Å²) in [7, 11) is 0. The summed E-state index contributed by atoms with van der Waals surface area (Å²) in [5, 5.41) is 4.76. The molecule has 126 valence electrons. The lowest BCUT2D eigenvalue weighted by atomic mass is 10.0. The number of aryl methyl sites for hydroxylation is 3. The Hall–Kier alpha value is -2.36. The van der Waals surface area contributed by atoms with Gasteiger partial charge in [-0.25, -0.2) is 9.50 Å². The van der Waals surface area contributed by atoms with E-state index in [1.54, 1.807) is 0 Å². The van der Waals surface area contributed by atoms with Gasteiger partial charge in [-0.15, -0.1) is 0 Å². The Morgan fingerprint density at radius 3 is 2.50 bits per heavy atom. The van der Waals surface area contributed by atoms with Crippen LogP contribution in [0.3, 0.4) is 0 Å². The van der Waals surface area contributed by atoms with Crippen molar-refractivity contribution < 1.29 is 4.74 Å². The molecule has 0 spiro atoms. The van der Waals surface area contributed by atoms with E-state index >= 15 is 0 Å². The van der Waals surface area contributed by atoms with Gasteiger partial charge in [0.2, 0.25) is 0 Å². The molecule has 1 aromatic carbocycles. The minimum Gasteiger partial charge on any atom is -0.494 e. The van der Waals surface area contributed by atoms with E-state index < -0.39 is 0 Å². The second-order valence-electron chi connectivity index (χ2n) is 6.22. The van der Waals surface area contributed by atoms with Crippen molar-refractivity contribution in [1.82, 2.24) is 14.6 Å². The fraction of sp³-hybridized carbons (Fsp3) is 0.400. The molecule has 0 amide bonds. The van der Waals surface area contributed by atoms with E-state index in [9.17, 15) is 0 Å². The van der Waals surface area contributed by atoms with Crippen LogP contribution in [0.25, 0.3) is 5.65 Å². The van der Waals surface area contributed by atoms with Gasteiger partial charge in [-0.2, -0.15) is 5.10 Å². The van der Waals surface area contributed by atoms with Crippen LogP contribution in [0.4, 0.5) is 0 Å². The molecule has 0 radical (unpaired) electrons. The smallest absolute Gasteiger partial charge is 0.159 e. The molecule has 24 heavy (non-hydrogen) atoms. The average Bonchev–Trinajstić information content (AvgIpc) is 2.92. The van der Waals surface area contributed by atoms with E-state index in [1.165, 1.54) is 11.1 Å². The second-order valence-corrected chi connectivity index (χ2v) is 6.22. The van der Waals surface area contributed by atoms with Crippen molar-refractivity contribution in [2.75, 3.05) is 6.61 Å². The van der Waals surface area contributed by atoms with Gasteiger partial charge in [0, 0.05) is 23.4 Å². The standard InChI is InChI=1S/C20H25N3O/c1-5-11-24-17-9-7-16(8-10-17)13-18-19(6-2)22-23-15(4)12-14(3)21-20(18)23/h7-10,12H,5-6,11,13H2,1-4H3. The number of benzene rings is 1. The van der Waals surface area contributed by atoms with Crippen LogP contribution in [-0.4, -0.2) is 21.2 Å². The van der Waals surface area contributed by atoms with Crippen LogP contribution in [0, 0.1) is 13.8 Å². The maximum Gasteiger partial charge on any atom is 0.159 e. The van der Waals surface area contributed by atoms with Crippen LogP contribution >= 0.6 is 0 Å². The zero-order chi connectivity index (χ0) is 17.1. The van der Waals surface area contributed by atoms with Crippen molar-refractivity contribution >= 4 is 5.65 Å². The van der Waals surface area contributed by atoms with E-state index in [0.29, 0.717) is 0 Å². The molecule has 2 heterocycles. The number of nitrogens with zero attached hydrogens (tertiary/aromatic N) is 3. The molecular formula is C20H25N3O. The van der Waals surface area contributed by atoms with Crippen molar-refractivity contribution in [1.29, 1.82) is 0 Å². The Morgan fingerprint density at radius 2 is 1.83 bits per heavy atom. The van der Waals surface area contributed by atoms with Gasteiger partial charge in [-0.1, -0.05) is 26.0 Å². The summed E-state index contributed by atoms with van der Waals surface area (Å²) in [6.45, 7) is 9.14. The fourth-order valence-electron chi connectivity index (χ4n) is 3.00. The molecule has 0 saturated heterocycles. The van der Waals surface area contributed by atoms with Gasteiger partial charge in [0.1, 0.15) is 5.75 Å². The fourth-order valence-corrected chi connectivity index (χ4v) is 3.00. The molecular weight excluding hydrogens is 298 g/mol. The van der Waals surface area contributed by atoms with Crippen LogP contribution in [0.15, 0.2) is 30.3 Å². The minimum atomic E-state index is 0.760. The summed E-state index contributed by atoms with van der Waals surface area (Å²) in [5.74, 6) is 0.931. The molecule has 3 aromatic rings. The van der Waals surface area contributed by atoms with Crippen LogP contribution in [0.1, 0.15) is 48.5 Å². The molecule has 0 unspecified atom stereocenters. The highest BCUT2D eigenvalue weighted by atomic mass is 16.5. The van der Waals surface area contributed by atoms with Crippen LogP contribution < -0.4 is 4.74 Å². The molecule has 4 nitrogen and oxygen atoms in total. The third kappa shape index (κ3) is 3.28. The number of hydrogen-bond acceptors (Lipinski definition) is 3. The van der Waals surface area contributed by atoms with Gasteiger partial charge in [0.15, 0.2) is 5.65 Å². The molecule has 0 bridgehead atoms. The zero-order valence-corrected chi connectivity index (χ0v) is 15.0. The van der Waals surface area contributed by atoms with E-state index in [2.05, 4.69) is 39.0 Å².